The summed E-state index contributed by atoms with van der Waals surface area (Å²) < 4.78 is 2.16. The molecule has 27 heavy (non-hydrogen) atoms. The number of piperidine rings is 1. The molecule has 5 rings (SSSR count). The number of rotatable bonds is 1. The highest BCUT2D eigenvalue weighted by atomic mass is 16.2. The van der Waals surface area contributed by atoms with Crippen LogP contribution in [-0.4, -0.2) is 61.4 Å². The molecule has 138 valence electrons. The first-order valence-corrected chi connectivity index (χ1v) is 9.38. The van der Waals surface area contributed by atoms with E-state index >= 15 is 0 Å². The summed E-state index contributed by atoms with van der Waals surface area (Å²) in [6, 6.07) is 4.29. The fraction of sp³-hybridized carbons (Fsp3) is 0.474. The van der Waals surface area contributed by atoms with E-state index in [2.05, 4.69) is 27.4 Å². The van der Waals surface area contributed by atoms with Gasteiger partial charge in [-0.1, -0.05) is 6.92 Å². The van der Waals surface area contributed by atoms with Gasteiger partial charge in [0.05, 0.1) is 35.4 Å². The highest BCUT2D eigenvalue weighted by molar-refractivity contribution is 5.76. The predicted molar refractivity (Wildman–Crippen MR) is 99.0 cm³/mol. The lowest BCUT2D eigenvalue weighted by Gasteiger charge is -2.43. The zero-order valence-electron chi connectivity index (χ0n) is 15.2. The van der Waals surface area contributed by atoms with Crippen molar-refractivity contribution >= 4 is 22.7 Å². The van der Waals surface area contributed by atoms with Crippen LogP contribution >= 0.6 is 0 Å². The maximum Gasteiger partial charge on any atom is 0.320 e. The van der Waals surface area contributed by atoms with Crippen LogP contribution in [-0.2, 0) is 0 Å². The molecule has 0 saturated carbocycles. The van der Waals surface area contributed by atoms with Gasteiger partial charge in [-0.05, 0) is 18.4 Å². The molecule has 0 unspecified atom stereocenters. The number of likely N-dealkylation sites (tertiary alicyclic amines) is 2. The van der Waals surface area contributed by atoms with Gasteiger partial charge >= 0.3 is 6.03 Å². The molecule has 3 aromatic rings. The topological polar surface area (TPSA) is 93.3 Å². The number of fused-ring (bicyclic) bond motifs is 3. The van der Waals surface area contributed by atoms with Gasteiger partial charge in [-0.25, -0.2) is 14.8 Å². The summed E-state index contributed by atoms with van der Waals surface area (Å²) in [5.74, 6) is 1.57. The molecule has 0 aliphatic carbocycles. The number of hydrogen-bond acceptors (Lipinski definition) is 4. The number of urea groups is 1. The van der Waals surface area contributed by atoms with Gasteiger partial charge in [-0.2, -0.15) is 5.26 Å². The molecule has 2 atom stereocenters. The fourth-order valence-corrected chi connectivity index (χ4v) is 4.26. The van der Waals surface area contributed by atoms with Crippen LogP contribution in [0.2, 0.25) is 0 Å². The van der Waals surface area contributed by atoms with Gasteiger partial charge in [0.2, 0.25) is 0 Å². The van der Waals surface area contributed by atoms with Gasteiger partial charge in [0, 0.05) is 38.3 Å². The van der Waals surface area contributed by atoms with Crippen molar-refractivity contribution in [1.29, 1.82) is 5.26 Å². The van der Waals surface area contributed by atoms with E-state index in [1.165, 1.54) is 0 Å². The number of H-pyrrole nitrogens is 1. The number of nitrogens with zero attached hydrogens (tertiary/aromatic N) is 6. The van der Waals surface area contributed by atoms with Crippen molar-refractivity contribution in [3.8, 4) is 6.07 Å². The zero-order valence-corrected chi connectivity index (χ0v) is 15.2. The second-order valence-electron chi connectivity index (χ2n) is 7.68. The molecule has 0 spiro atoms. The Hall–Kier alpha value is -3.08. The van der Waals surface area contributed by atoms with Gasteiger partial charge in [0.25, 0.3) is 0 Å². The molecule has 1 N–H and O–H groups in total. The number of carbonyl (C=O) groups excluding carboxylic acids is 1. The number of aromatic amines is 1. The standard InChI is InChI=1S/C19H21N7O/c1-12-3-5-24(19(27)25-9-13(6-20)10-25)11-15(12)18-23-8-14-7-22-17-16(26(14)18)2-4-21-17/h2,4,7-8,12-13,15,21H,3,5,9-11H2,1H3/t12-,15+/m1/s1. The lowest BCUT2D eigenvalue weighted by atomic mass is 9.86. The van der Waals surface area contributed by atoms with Gasteiger partial charge < -0.3 is 14.8 Å². The van der Waals surface area contributed by atoms with E-state index in [1.807, 2.05) is 29.6 Å². The minimum absolute atomic E-state index is 0.0147. The minimum atomic E-state index is -0.0147. The van der Waals surface area contributed by atoms with Crippen molar-refractivity contribution in [2.45, 2.75) is 19.3 Å². The summed E-state index contributed by atoms with van der Waals surface area (Å²) in [4.78, 5) is 28.8. The Balaban J connectivity index is 1.46. The average Bonchev–Trinajstić information content (AvgIpc) is 3.27. The van der Waals surface area contributed by atoms with Crippen LogP contribution in [0.15, 0.2) is 24.7 Å². The van der Waals surface area contributed by atoms with Crippen LogP contribution in [0, 0.1) is 23.2 Å². The van der Waals surface area contributed by atoms with Gasteiger partial charge in [0.1, 0.15) is 5.82 Å². The lowest BCUT2D eigenvalue weighted by molar-refractivity contribution is 0.0901. The molecular weight excluding hydrogens is 342 g/mol. The van der Waals surface area contributed by atoms with Crippen LogP contribution in [0.3, 0.4) is 0 Å². The SMILES string of the molecule is C[C@@H]1CCN(C(=O)N2CC(C#N)C2)C[C@@H]1c1ncc2cnc3[nH]ccc3n12. The Morgan fingerprint density at radius 3 is 2.89 bits per heavy atom. The Kier molecular flexibility index (Phi) is 3.57. The summed E-state index contributed by atoms with van der Waals surface area (Å²) in [5, 5.41) is 8.95. The van der Waals surface area contributed by atoms with Crippen LogP contribution in [0.5, 0.6) is 0 Å². The third-order valence-electron chi connectivity index (χ3n) is 5.98. The van der Waals surface area contributed by atoms with Crippen LogP contribution in [0.4, 0.5) is 4.79 Å². The summed E-state index contributed by atoms with van der Waals surface area (Å²) >= 11 is 0. The number of imidazole rings is 1. The Labute approximate surface area is 156 Å². The van der Waals surface area contributed by atoms with E-state index < -0.39 is 0 Å². The summed E-state index contributed by atoms with van der Waals surface area (Å²) in [6.45, 7) is 4.75. The number of nitrogens with one attached hydrogen (secondary N) is 1. The first-order chi connectivity index (χ1) is 13.2. The third kappa shape index (κ3) is 2.46. The van der Waals surface area contributed by atoms with E-state index in [0.29, 0.717) is 25.6 Å². The summed E-state index contributed by atoms with van der Waals surface area (Å²) in [7, 11) is 0. The molecule has 0 aromatic carbocycles. The second-order valence-corrected chi connectivity index (χ2v) is 7.68. The molecule has 8 heteroatoms. The molecule has 0 bridgehead atoms. The van der Waals surface area contributed by atoms with E-state index in [4.69, 9.17) is 10.2 Å². The predicted octanol–water partition coefficient (Wildman–Crippen LogP) is 2.21. The Morgan fingerprint density at radius 2 is 2.07 bits per heavy atom. The Morgan fingerprint density at radius 1 is 1.26 bits per heavy atom. The van der Waals surface area contributed by atoms with Gasteiger partial charge in [-0.15, -0.1) is 0 Å². The smallest absolute Gasteiger partial charge is 0.320 e. The van der Waals surface area contributed by atoms with Crippen LogP contribution < -0.4 is 0 Å². The minimum Gasteiger partial charge on any atom is -0.345 e. The van der Waals surface area contributed by atoms with Crippen molar-refractivity contribution < 1.29 is 4.79 Å². The summed E-state index contributed by atoms with van der Waals surface area (Å²) in [5.41, 5.74) is 2.81. The van der Waals surface area contributed by atoms with Crippen molar-refractivity contribution in [3.05, 3.63) is 30.5 Å². The highest BCUT2D eigenvalue weighted by Gasteiger charge is 2.38. The largest absolute Gasteiger partial charge is 0.345 e. The lowest BCUT2D eigenvalue weighted by Crippen LogP contribution is -2.56. The quantitative estimate of drug-likeness (QED) is 0.717. The number of nitriles is 1. The van der Waals surface area contributed by atoms with Crippen LogP contribution in [0.25, 0.3) is 16.7 Å². The molecule has 5 heterocycles. The Bertz CT molecular complexity index is 1060. The van der Waals surface area contributed by atoms with E-state index in [-0.39, 0.29) is 17.9 Å². The molecule has 8 nitrogen and oxygen atoms in total. The second kappa shape index (κ2) is 5.98. The number of amides is 2. The number of hydrogen-bond donors (Lipinski definition) is 1. The molecule has 2 aliphatic rings. The van der Waals surface area contributed by atoms with E-state index in [0.717, 1.165) is 35.5 Å². The maximum absolute atomic E-state index is 12.8. The maximum atomic E-state index is 12.8. The first-order valence-electron chi connectivity index (χ1n) is 9.38. The molecule has 3 aromatic heterocycles. The number of aromatic nitrogens is 4. The van der Waals surface area contributed by atoms with Crippen molar-refractivity contribution in [2.24, 2.45) is 11.8 Å². The van der Waals surface area contributed by atoms with Crippen molar-refractivity contribution in [3.63, 3.8) is 0 Å². The van der Waals surface area contributed by atoms with E-state index in [1.54, 1.807) is 4.90 Å². The third-order valence-corrected chi connectivity index (χ3v) is 5.98. The van der Waals surface area contributed by atoms with Crippen LogP contribution in [0.1, 0.15) is 25.1 Å². The first kappa shape index (κ1) is 16.1. The normalized spacial score (nSPS) is 23.6. The monoisotopic (exact) mass is 363 g/mol. The van der Waals surface area contributed by atoms with Gasteiger partial charge in [-0.3, -0.25) is 4.40 Å². The molecule has 0 radical (unpaired) electrons. The molecule has 2 amide bonds. The van der Waals surface area contributed by atoms with Crippen molar-refractivity contribution in [2.75, 3.05) is 26.2 Å². The number of carbonyl (C=O) groups is 1. The molecule has 2 aliphatic heterocycles. The molecule has 2 saturated heterocycles. The molecule has 2 fully saturated rings. The van der Waals surface area contributed by atoms with Gasteiger partial charge in [0.15, 0.2) is 5.65 Å². The fourth-order valence-electron chi connectivity index (χ4n) is 4.26. The summed E-state index contributed by atoms with van der Waals surface area (Å²) in [6.07, 6.45) is 6.52. The van der Waals surface area contributed by atoms with E-state index in [9.17, 15) is 4.79 Å². The average molecular weight is 363 g/mol. The molecular formula is C19H21N7O. The highest BCUT2D eigenvalue weighted by Crippen LogP contribution is 2.34. The van der Waals surface area contributed by atoms with Crippen molar-refractivity contribution in [1.82, 2.24) is 29.2 Å². The zero-order chi connectivity index (χ0) is 18.5.